The van der Waals surface area contributed by atoms with Crippen LogP contribution in [0.25, 0.3) is 0 Å². The molecule has 1 atom stereocenters. The summed E-state index contributed by atoms with van der Waals surface area (Å²) in [5.41, 5.74) is 0.203. The summed E-state index contributed by atoms with van der Waals surface area (Å²) in [4.78, 5) is 15.9. The Kier molecular flexibility index (Phi) is 4.27. The number of carbonyl (C=O) groups excluding carboxylic acids is 1. The predicted octanol–water partition coefficient (Wildman–Crippen LogP) is 1.70. The molecule has 1 heterocycles. The maximum atomic E-state index is 11.8. The van der Waals surface area contributed by atoms with Gasteiger partial charge in [0, 0.05) is 6.20 Å². The summed E-state index contributed by atoms with van der Waals surface area (Å²) in [6, 6.07) is 3.19. The first kappa shape index (κ1) is 14.1. The van der Waals surface area contributed by atoms with E-state index in [0.29, 0.717) is 17.5 Å². The number of hydrogen-bond donors (Lipinski definition) is 3. The number of urea groups is 1. The highest BCUT2D eigenvalue weighted by Crippen LogP contribution is 2.39. The first-order chi connectivity index (χ1) is 9.03. The number of rotatable bonds is 5. The van der Waals surface area contributed by atoms with Gasteiger partial charge < -0.3 is 15.7 Å². The number of hydrogen-bond acceptors (Lipinski definition) is 3. The maximum absolute atomic E-state index is 11.8. The van der Waals surface area contributed by atoms with Crippen molar-refractivity contribution in [2.75, 3.05) is 6.61 Å². The van der Waals surface area contributed by atoms with E-state index in [1.165, 1.54) is 0 Å². The number of aliphatic hydroxyl groups excluding tert-OH is 1. The van der Waals surface area contributed by atoms with E-state index < -0.39 is 5.54 Å². The van der Waals surface area contributed by atoms with Crippen LogP contribution in [0.2, 0.25) is 5.02 Å². The first-order valence-electron chi connectivity index (χ1n) is 6.31. The monoisotopic (exact) mass is 283 g/mol. The van der Waals surface area contributed by atoms with Crippen LogP contribution in [-0.4, -0.2) is 28.3 Å². The van der Waals surface area contributed by atoms with E-state index in [1.54, 1.807) is 18.3 Å². The Hall–Kier alpha value is -1.33. The van der Waals surface area contributed by atoms with Gasteiger partial charge in [-0.25, -0.2) is 4.79 Å². The number of amides is 2. The number of halogens is 1. The summed E-state index contributed by atoms with van der Waals surface area (Å²) < 4.78 is 0. The Labute approximate surface area is 117 Å². The Balaban J connectivity index is 1.82. The minimum absolute atomic E-state index is 0.0513. The Morgan fingerprint density at radius 2 is 2.32 bits per heavy atom. The quantitative estimate of drug-likeness (QED) is 0.770. The van der Waals surface area contributed by atoms with Crippen molar-refractivity contribution in [1.82, 2.24) is 15.6 Å². The number of pyridine rings is 1. The molecule has 104 valence electrons. The van der Waals surface area contributed by atoms with Crippen molar-refractivity contribution in [3.8, 4) is 0 Å². The van der Waals surface area contributed by atoms with Crippen molar-refractivity contribution in [3.63, 3.8) is 0 Å². The third kappa shape index (κ3) is 3.81. The van der Waals surface area contributed by atoms with Gasteiger partial charge in [-0.3, -0.25) is 4.98 Å². The van der Waals surface area contributed by atoms with Crippen LogP contribution in [0.3, 0.4) is 0 Å². The fourth-order valence-electron chi connectivity index (χ4n) is 1.98. The van der Waals surface area contributed by atoms with Gasteiger partial charge in [-0.1, -0.05) is 11.6 Å². The second-order valence-corrected chi connectivity index (χ2v) is 5.56. The lowest BCUT2D eigenvalue weighted by Gasteiger charge is -2.28. The van der Waals surface area contributed by atoms with E-state index in [9.17, 15) is 9.90 Å². The second-order valence-electron chi connectivity index (χ2n) is 5.13. The van der Waals surface area contributed by atoms with Crippen LogP contribution < -0.4 is 10.6 Å². The maximum Gasteiger partial charge on any atom is 0.315 e. The van der Waals surface area contributed by atoms with E-state index in [2.05, 4.69) is 15.6 Å². The summed E-state index contributed by atoms with van der Waals surface area (Å²) in [6.07, 6.45) is 3.64. The molecule has 1 aliphatic rings. The minimum atomic E-state index is -0.530. The van der Waals surface area contributed by atoms with Crippen molar-refractivity contribution < 1.29 is 9.90 Å². The second kappa shape index (κ2) is 5.75. The SMILES string of the molecule is CC(CO)(NC(=O)NCc1ccc(Cl)cn1)C1CC1. The molecule has 0 spiro atoms. The van der Waals surface area contributed by atoms with Crippen LogP contribution in [0.4, 0.5) is 4.79 Å². The Morgan fingerprint density at radius 1 is 1.58 bits per heavy atom. The van der Waals surface area contributed by atoms with E-state index in [0.717, 1.165) is 18.5 Å². The zero-order valence-electron chi connectivity index (χ0n) is 10.8. The number of aromatic nitrogens is 1. The van der Waals surface area contributed by atoms with E-state index >= 15 is 0 Å². The molecule has 0 aromatic carbocycles. The van der Waals surface area contributed by atoms with E-state index in [4.69, 9.17) is 11.6 Å². The van der Waals surface area contributed by atoms with Crippen LogP contribution in [0.1, 0.15) is 25.5 Å². The molecule has 6 heteroatoms. The molecule has 1 unspecified atom stereocenters. The molecule has 0 aliphatic heterocycles. The highest BCUT2D eigenvalue weighted by molar-refractivity contribution is 6.30. The third-order valence-electron chi connectivity index (χ3n) is 3.42. The predicted molar refractivity (Wildman–Crippen MR) is 72.8 cm³/mol. The molecule has 1 saturated carbocycles. The lowest BCUT2D eigenvalue weighted by Crippen LogP contribution is -2.53. The van der Waals surface area contributed by atoms with Crippen molar-refractivity contribution in [3.05, 3.63) is 29.0 Å². The third-order valence-corrected chi connectivity index (χ3v) is 3.65. The number of aliphatic hydroxyl groups is 1. The molecule has 0 saturated heterocycles. The van der Waals surface area contributed by atoms with Gasteiger partial charge in [-0.2, -0.15) is 0 Å². The summed E-state index contributed by atoms with van der Waals surface area (Å²) >= 11 is 5.73. The van der Waals surface area contributed by atoms with Crippen LogP contribution >= 0.6 is 11.6 Å². The van der Waals surface area contributed by atoms with Crippen LogP contribution in [0.15, 0.2) is 18.3 Å². The highest BCUT2D eigenvalue weighted by atomic mass is 35.5. The summed E-state index contributed by atoms with van der Waals surface area (Å²) in [5.74, 6) is 0.372. The molecule has 2 rings (SSSR count). The van der Waals surface area contributed by atoms with Crippen molar-refractivity contribution >= 4 is 17.6 Å². The van der Waals surface area contributed by atoms with Gasteiger partial charge in [0.1, 0.15) is 0 Å². The molecule has 3 N–H and O–H groups in total. The molecule has 1 aromatic rings. The van der Waals surface area contributed by atoms with Gasteiger partial charge in [-0.05, 0) is 37.8 Å². The minimum Gasteiger partial charge on any atom is -0.394 e. The summed E-state index contributed by atoms with van der Waals surface area (Å²) in [5, 5.41) is 15.5. The van der Waals surface area contributed by atoms with Crippen molar-refractivity contribution in [2.45, 2.75) is 31.8 Å². The molecule has 5 nitrogen and oxygen atoms in total. The molecule has 1 aliphatic carbocycles. The van der Waals surface area contributed by atoms with E-state index in [-0.39, 0.29) is 12.6 Å². The highest BCUT2D eigenvalue weighted by Gasteiger charge is 2.42. The number of nitrogens with one attached hydrogen (secondary N) is 2. The lowest BCUT2D eigenvalue weighted by molar-refractivity contribution is 0.155. The van der Waals surface area contributed by atoms with Crippen molar-refractivity contribution in [1.29, 1.82) is 0 Å². The molecule has 1 fully saturated rings. The average molecular weight is 284 g/mol. The number of nitrogens with zero attached hydrogens (tertiary/aromatic N) is 1. The van der Waals surface area contributed by atoms with Gasteiger partial charge in [-0.15, -0.1) is 0 Å². The molecular formula is C13H18ClN3O2. The van der Waals surface area contributed by atoms with Gasteiger partial charge >= 0.3 is 6.03 Å². The normalized spacial score (nSPS) is 17.6. The summed E-state index contributed by atoms with van der Waals surface area (Å²) in [7, 11) is 0. The number of carbonyl (C=O) groups is 1. The fourth-order valence-corrected chi connectivity index (χ4v) is 2.09. The average Bonchev–Trinajstić information content (AvgIpc) is 3.22. The molecule has 2 amide bonds. The molecule has 0 bridgehead atoms. The van der Waals surface area contributed by atoms with Gasteiger partial charge in [0.15, 0.2) is 0 Å². The van der Waals surface area contributed by atoms with Crippen LogP contribution in [0, 0.1) is 5.92 Å². The van der Waals surface area contributed by atoms with Crippen LogP contribution in [0.5, 0.6) is 0 Å². The zero-order chi connectivity index (χ0) is 13.9. The summed E-state index contributed by atoms with van der Waals surface area (Å²) in [6.45, 7) is 2.14. The smallest absolute Gasteiger partial charge is 0.315 e. The van der Waals surface area contributed by atoms with E-state index in [1.807, 2.05) is 6.92 Å². The largest absolute Gasteiger partial charge is 0.394 e. The lowest BCUT2D eigenvalue weighted by atomic mass is 9.97. The van der Waals surface area contributed by atoms with Gasteiger partial charge in [0.05, 0.1) is 29.4 Å². The molecule has 0 radical (unpaired) electrons. The van der Waals surface area contributed by atoms with Gasteiger partial charge in [0.2, 0.25) is 0 Å². The fraction of sp³-hybridized carbons (Fsp3) is 0.538. The Bertz CT molecular complexity index is 448. The topological polar surface area (TPSA) is 74.2 Å². The van der Waals surface area contributed by atoms with Crippen LogP contribution in [-0.2, 0) is 6.54 Å². The molecule has 19 heavy (non-hydrogen) atoms. The molecule has 1 aromatic heterocycles. The Morgan fingerprint density at radius 3 is 2.84 bits per heavy atom. The standard InChI is InChI=1S/C13H18ClN3O2/c1-13(8-18,9-2-3-9)17-12(19)16-7-11-5-4-10(14)6-15-11/h4-6,9,18H,2-3,7-8H2,1H3,(H2,16,17,19). The van der Waals surface area contributed by atoms with Crippen molar-refractivity contribution in [2.24, 2.45) is 5.92 Å². The first-order valence-corrected chi connectivity index (χ1v) is 6.68. The molecular weight excluding hydrogens is 266 g/mol. The van der Waals surface area contributed by atoms with Gasteiger partial charge in [0.25, 0.3) is 0 Å². The zero-order valence-corrected chi connectivity index (χ0v) is 11.6.